The van der Waals surface area contributed by atoms with Crippen molar-refractivity contribution in [1.82, 2.24) is 19.9 Å². The van der Waals surface area contributed by atoms with Crippen LogP contribution in [0.3, 0.4) is 0 Å². The zero-order chi connectivity index (χ0) is 15.9. The van der Waals surface area contributed by atoms with Crippen molar-refractivity contribution in [2.45, 2.75) is 6.92 Å². The lowest BCUT2D eigenvalue weighted by molar-refractivity contribution is 1.02. The van der Waals surface area contributed by atoms with E-state index in [1.165, 1.54) is 0 Å². The number of nitrogens with zero attached hydrogens (tertiary/aromatic N) is 4. The van der Waals surface area contributed by atoms with Crippen molar-refractivity contribution in [3.8, 4) is 11.3 Å². The quantitative estimate of drug-likeness (QED) is 0.682. The van der Waals surface area contributed by atoms with Crippen LogP contribution in [0, 0.1) is 6.92 Å². The monoisotopic (exact) mass is 306 g/mol. The maximum absolute atomic E-state index is 4.51. The Morgan fingerprint density at radius 3 is 2.61 bits per heavy atom. The highest BCUT2D eigenvalue weighted by atomic mass is 15.1. The third-order valence-electron chi connectivity index (χ3n) is 3.36. The van der Waals surface area contributed by atoms with Crippen LogP contribution in [0.2, 0.25) is 0 Å². The third kappa shape index (κ3) is 4.00. The molecule has 6 heteroatoms. The van der Waals surface area contributed by atoms with Gasteiger partial charge >= 0.3 is 0 Å². The van der Waals surface area contributed by atoms with Gasteiger partial charge in [-0.05, 0) is 36.8 Å². The van der Waals surface area contributed by atoms with E-state index >= 15 is 0 Å². The number of nitrogens with one attached hydrogen (secondary N) is 2. The van der Waals surface area contributed by atoms with E-state index in [2.05, 4.69) is 30.6 Å². The van der Waals surface area contributed by atoms with Crippen LogP contribution in [0.4, 0.5) is 11.6 Å². The molecule has 0 aliphatic rings. The molecule has 0 bridgehead atoms. The van der Waals surface area contributed by atoms with E-state index in [9.17, 15) is 0 Å². The summed E-state index contributed by atoms with van der Waals surface area (Å²) in [7, 11) is 0. The first-order chi connectivity index (χ1) is 11.3. The fourth-order valence-corrected chi connectivity index (χ4v) is 2.16. The molecule has 3 heterocycles. The van der Waals surface area contributed by atoms with Crippen LogP contribution in [-0.4, -0.2) is 33.0 Å². The van der Waals surface area contributed by atoms with Gasteiger partial charge < -0.3 is 10.6 Å². The SMILES string of the molecule is Cc1cnccc1NCCNc1nccc(-c2cccnc2)n1. The first-order valence-corrected chi connectivity index (χ1v) is 7.45. The summed E-state index contributed by atoms with van der Waals surface area (Å²) < 4.78 is 0. The van der Waals surface area contributed by atoms with Crippen molar-refractivity contribution >= 4 is 11.6 Å². The predicted molar refractivity (Wildman–Crippen MR) is 91.2 cm³/mol. The van der Waals surface area contributed by atoms with Gasteiger partial charge in [-0.3, -0.25) is 9.97 Å². The van der Waals surface area contributed by atoms with Gasteiger partial charge in [0, 0.05) is 55.3 Å². The highest BCUT2D eigenvalue weighted by Gasteiger charge is 2.02. The second-order valence-electron chi connectivity index (χ2n) is 5.05. The van der Waals surface area contributed by atoms with Crippen molar-refractivity contribution in [2.24, 2.45) is 0 Å². The van der Waals surface area contributed by atoms with Crippen LogP contribution in [0.5, 0.6) is 0 Å². The number of hydrogen-bond acceptors (Lipinski definition) is 6. The normalized spacial score (nSPS) is 10.3. The number of rotatable bonds is 6. The van der Waals surface area contributed by atoms with Gasteiger partial charge in [-0.15, -0.1) is 0 Å². The van der Waals surface area contributed by atoms with Gasteiger partial charge in [0.15, 0.2) is 0 Å². The second-order valence-corrected chi connectivity index (χ2v) is 5.05. The fourth-order valence-electron chi connectivity index (χ4n) is 2.16. The lowest BCUT2D eigenvalue weighted by Crippen LogP contribution is -2.15. The third-order valence-corrected chi connectivity index (χ3v) is 3.36. The van der Waals surface area contributed by atoms with Crippen molar-refractivity contribution in [3.05, 3.63) is 60.8 Å². The van der Waals surface area contributed by atoms with Gasteiger partial charge in [0.05, 0.1) is 5.69 Å². The molecule has 0 aliphatic carbocycles. The molecule has 0 radical (unpaired) electrons. The molecule has 0 fully saturated rings. The highest BCUT2D eigenvalue weighted by Crippen LogP contribution is 2.15. The number of pyridine rings is 2. The molecule has 2 N–H and O–H groups in total. The summed E-state index contributed by atoms with van der Waals surface area (Å²) in [5.41, 5.74) is 4.05. The van der Waals surface area contributed by atoms with Gasteiger partial charge in [-0.25, -0.2) is 9.97 Å². The van der Waals surface area contributed by atoms with Gasteiger partial charge in [-0.2, -0.15) is 0 Å². The molecule has 0 aliphatic heterocycles. The molecule has 0 unspecified atom stereocenters. The van der Waals surface area contributed by atoms with Gasteiger partial charge in [0.25, 0.3) is 0 Å². The molecular weight excluding hydrogens is 288 g/mol. The van der Waals surface area contributed by atoms with Crippen LogP contribution in [0.25, 0.3) is 11.3 Å². The molecule has 3 aromatic heterocycles. The van der Waals surface area contributed by atoms with E-state index in [-0.39, 0.29) is 0 Å². The number of anilines is 2. The van der Waals surface area contributed by atoms with Crippen molar-refractivity contribution in [1.29, 1.82) is 0 Å². The number of hydrogen-bond donors (Lipinski definition) is 2. The molecular formula is C17H18N6. The maximum atomic E-state index is 4.51. The average Bonchev–Trinajstić information content (AvgIpc) is 2.61. The largest absolute Gasteiger partial charge is 0.383 e. The molecule has 0 aromatic carbocycles. The van der Waals surface area contributed by atoms with Crippen LogP contribution in [-0.2, 0) is 0 Å². The zero-order valence-corrected chi connectivity index (χ0v) is 12.9. The molecule has 23 heavy (non-hydrogen) atoms. The Morgan fingerprint density at radius 1 is 0.913 bits per heavy atom. The molecule has 0 amide bonds. The van der Waals surface area contributed by atoms with Crippen LogP contribution < -0.4 is 10.6 Å². The fraction of sp³-hybridized carbons (Fsp3) is 0.176. The maximum Gasteiger partial charge on any atom is 0.223 e. The van der Waals surface area contributed by atoms with Crippen LogP contribution >= 0.6 is 0 Å². The zero-order valence-electron chi connectivity index (χ0n) is 12.9. The Balaban J connectivity index is 1.56. The van der Waals surface area contributed by atoms with Gasteiger partial charge in [0.2, 0.25) is 5.95 Å². The molecule has 0 saturated carbocycles. The Bertz CT molecular complexity index is 760. The molecule has 0 atom stereocenters. The molecule has 0 saturated heterocycles. The average molecular weight is 306 g/mol. The second kappa shape index (κ2) is 7.31. The molecule has 0 spiro atoms. The van der Waals surface area contributed by atoms with E-state index in [0.29, 0.717) is 5.95 Å². The molecule has 116 valence electrons. The molecule has 3 aromatic rings. The summed E-state index contributed by atoms with van der Waals surface area (Å²) >= 11 is 0. The standard InChI is InChI=1S/C17H18N6/c1-13-11-19-7-4-15(13)20-9-10-22-17-21-8-5-16(23-17)14-3-2-6-18-12-14/h2-8,11-12H,9-10H2,1H3,(H,19,20)(H,21,22,23). The molecule has 3 rings (SSSR count). The smallest absolute Gasteiger partial charge is 0.223 e. The van der Waals surface area contributed by atoms with E-state index in [1.54, 1.807) is 24.8 Å². The lowest BCUT2D eigenvalue weighted by atomic mass is 10.2. The summed E-state index contributed by atoms with van der Waals surface area (Å²) in [6, 6.07) is 7.72. The van der Waals surface area contributed by atoms with Gasteiger partial charge in [-0.1, -0.05) is 0 Å². The van der Waals surface area contributed by atoms with E-state index < -0.39 is 0 Å². The first kappa shape index (κ1) is 14.9. The summed E-state index contributed by atoms with van der Waals surface area (Å²) in [5.74, 6) is 0.611. The summed E-state index contributed by atoms with van der Waals surface area (Å²) in [4.78, 5) is 16.9. The minimum atomic E-state index is 0.611. The Morgan fingerprint density at radius 2 is 1.78 bits per heavy atom. The highest BCUT2D eigenvalue weighted by molar-refractivity contribution is 5.58. The van der Waals surface area contributed by atoms with Crippen LogP contribution in [0.15, 0.2) is 55.2 Å². The van der Waals surface area contributed by atoms with E-state index in [4.69, 9.17) is 0 Å². The summed E-state index contributed by atoms with van der Waals surface area (Å²) in [5, 5.41) is 6.59. The summed E-state index contributed by atoms with van der Waals surface area (Å²) in [6.07, 6.45) is 8.91. The van der Waals surface area contributed by atoms with Crippen molar-refractivity contribution in [3.63, 3.8) is 0 Å². The van der Waals surface area contributed by atoms with E-state index in [0.717, 1.165) is 35.6 Å². The summed E-state index contributed by atoms with van der Waals surface area (Å²) in [6.45, 7) is 3.52. The minimum Gasteiger partial charge on any atom is -0.383 e. The lowest BCUT2D eigenvalue weighted by Gasteiger charge is -2.10. The van der Waals surface area contributed by atoms with Crippen LogP contribution in [0.1, 0.15) is 5.56 Å². The Kier molecular flexibility index (Phi) is 4.73. The van der Waals surface area contributed by atoms with E-state index in [1.807, 2.05) is 37.4 Å². The number of aryl methyl sites for hydroxylation is 1. The molecule has 6 nitrogen and oxygen atoms in total. The van der Waals surface area contributed by atoms with Crippen molar-refractivity contribution < 1.29 is 0 Å². The minimum absolute atomic E-state index is 0.611. The Hall–Kier alpha value is -3.02. The number of aromatic nitrogens is 4. The first-order valence-electron chi connectivity index (χ1n) is 7.45. The van der Waals surface area contributed by atoms with Crippen molar-refractivity contribution in [2.75, 3.05) is 23.7 Å². The predicted octanol–water partition coefficient (Wildman–Crippen LogP) is 2.77. The Labute approximate surface area is 135 Å². The topological polar surface area (TPSA) is 75.6 Å². The van der Waals surface area contributed by atoms with Gasteiger partial charge in [0.1, 0.15) is 0 Å².